The highest BCUT2D eigenvalue weighted by atomic mass is 35.5. The number of nitrogens with zero attached hydrogens (tertiary/aromatic N) is 2. The smallest absolute Gasteiger partial charge is 0.337 e. The molecule has 0 bridgehead atoms. The number of esters is 1. The van der Waals surface area contributed by atoms with Crippen molar-refractivity contribution in [3.8, 4) is 0 Å². The van der Waals surface area contributed by atoms with Gasteiger partial charge in [0.2, 0.25) is 5.91 Å². The van der Waals surface area contributed by atoms with Gasteiger partial charge in [0.1, 0.15) is 0 Å². The summed E-state index contributed by atoms with van der Waals surface area (Å²) in [6.07, 6.45) is 1.18. The summed E-state index contributed by atoms with van der Waals surface area (Å²) in [6, 6.07) is 11.5. The van der Waals surface area contributed by atoms with Crippen molar-refractivity contribution in [1.82, 2.24) is 5.32 Å². The van der Waals surface area contributed by atoms with Crippen molar-refractivity contribution in [3.05, 3.63) is 58.6 Å². The number of methoxy groups -OCH3 is 1. The van der Waals surface area contributed by atoms with Crippen LogP contribution in [0, 0.1) is 12.8 Å². The molecule has 0 saturated carbocycles. The van der Waals surface area contributed by atoms with E-state index in [4.69, 9.17) is 23.8 Å². The SMILES string of the molecule is COC(=O)c1ccc(Cl)c(N=C[C@@H]2C(=O)NC(=S)N(c3ccc(C)cc3)C2=O)c1. The van der Waals surface area contributed by atoms with Gasteiger partial charge in [0.25, 0.3) is 5.91 Å². The number of hydrogen-bond acceptors (Lipinski definition) is 6. The van der Waals surface area contributed by atoms with E-state index in [1.165, 1.54) is 36.4 Å². The third-order valence-corrected chi connectivity index (χ3v) is 4.83. The summed E-state index contributed by atoms with van der Waals surface area (Å²) in [5.41, 5.74) is 2.03. The number of amides is 2. The van der Waals surface area contributed by atoms with E-state index in [2.05, 4.69) is 15.0 Å². The summed E-state index contributed by atoms with van der Waals surface area (Å²) in [5, 5.41) is 2.76. The zero-order valence-electron chi connectivity index (χ0n) is 15.5. The molecule has 1 aliphatic heterocycles. The minimum atomic E-state index is -1.21. The van der Waals surface area contributed by atoms with E-state index in [1.807, 2.05) is 19.1 Å². The van der Waals surface area contributed by atoms with E-state index in [0.717, 1.165) is 5.56 Å². The Morgan fingerprint density at radius 3 is 2.59 bits per heavy atom. The van der Waals surface area contributed by atoms with E-state index < -0.39 is 23.7 Å². The molecule has 1 heterocycles. The monoisotopic (exact) mass is 429 g/mol. The molecule has 0 aromatic heterocycles. The number of nitrogens with one attached hydrogen (secondary N) is 1. The number of carbonyl (C=O) groups is 3. The quantitative estimate of drug-likeness (QED) is 0.349. The highest BCUT2D eigenvalue weighted by molar-refractivity contribution is 7.80. The molecule has 0 aliphatic carbocycles. The number of carbonyl (C=O) groups excluding carboxylic acids is 3. The summed E-state index contributed by atoms with van der Waals surface area (Å²) in [6.45, 7) is 1.92. The third kappa shape index (κ3) is 4.33. The van der Waals surface area contributed by atoms with Crippen LogP contribution in [0.15, 0.2) is 47.5 Å². The van der Waals surface area contributed by atoms with Gasteiger partial charge in [0.05, 0.1) is 29.1 Å². The predicted octanol–water partition coefficient (Wildman–Crippen LogP) is 3.20. The number of aryl methyl sites for hydroxylation is 1. The van der Waals surface area contributed by atoms with E-state index >= 15 is 0 Å². The van der Waals surface area contributed by atoms with Crippen LogP contribution < -0.4 is 10.2 Å². The fourth-order valence-electron chi connectivity index (χ4n) is 2.67. The highest BCUT2D eigenvalue weighted by Crippen LogP contribution is 2.27. The first-order valence-electron chi connectivity index (χ1n) is 8.49. The van der Waals surface area contributed by atoms with Gasteiger partial charge in [-0.2, -0.15) is 0 Å². The van der Waals surface area contributed by atoms with Gasteiger partial charge in [0.15, 0.2) is 11.0 Å². The van der Waals surface area contributed by atoms with E-state index in [1.54, 1.807) is 12.1 Å². The molecule has 1 saturated heterocycles. The van der Waals surface area contributed by atoms with Crippen LogP contribution in [0.2, 0.25) is 5.02 Å². The van der Waals surface area contributed by atoms with Crippen molar-refractivity contribution in [2.24, 2.45) is 10.9 Å². The number of rotatable bonds is 4. The molecule has 1 fully saturated rings. The number of aliphatic imine (C=N–C) groups is 1. The van der Waals surface area contributed by atoms with Gasteiger partial charge in [-0.05, 0) is 49.5 Å². The molecule has 2 aromatic rings. The summed E-state index contributed by atoms with van der Waals surface area (Å²) >= 11 is 11.3. The second-order valence-corrected chi connectivity index (χ2v) is 7.01. The number of halogens is 1. The van der Waals surface area contributed by atoms with Crippen molar-refractivity contribution in [2.75, 3.05) is 12.0 Å². The molecule has 1 N–H and O–H groups in total. The topological polar surface area (TPSA) is 88.1 Å². The summed E-state index contributed by atoms with van der Waals surface area (Å²) in [7, 11) is 1.26. The molecule has 29 heavy (non-hydrogen) atoms. The molecule has 1 aliphatic rings. The second kappa shape index (κ2) is 8.50. The fourth-order valence-corrected chi connectivity index (χ4v) is 3.13. The number of ether oxygens (including phenoxy) is 1. The minimum absolute atomic E-state index is 0.000718. The maximum absolute atomic E-state index is 12.9. The lowest BCUT2D eigenvalue weighted by Crippen LogP contribution is -2.58. The average molecular weight is 430 g/mol. The van der Waals surface area contributed by atoms with Gasteiger partial charge < -0.3 is 10.1 Å². The molecule has 0 unspecified atom stereocenters. The normalized spacial score (nSPS) is 16.9. The van der Waals surface area contributed by atoms with Crippen LogP contribution in [0.1, 0.15) is 15.9 Å². The number of benzene rings is 2. The Balaban J connectivity index is 1.91. The van der Waals surface area contributed by atoms with E-state index in [0.29, 0.717) is 5.69 Å². The molecule has 1 atom stereocenters. The standard InChI is InChI=1S/C20H16ClN3O4S/c1-11-3-6-13(7-4-11)24-18(26)14(17(25)23-20(24)29)10-22-16-9-12(19(27)28-2)5-8-15(16)21/h3-10,14H,1-2H3,(H,23,25,29)/t14-/m1/s1. The predicted molar refractivity (Wildman–Crippen MR) is 114 cm³/mol. The van der Waals surface area contributed by atoms with Crippen LogP contribution in [0.25, 0.3) is 0 Å². The van der Waals surface area contributed by atoms with Crippen molar-refractivity contribution in [2.45, 2.75) is 6.92 Å². The molecule has 2 aromatic carbocycles. The first-order valence-corrected chi connectivity index (χ1v) is 9.28. The summed E-state index contributed by atoms with van der Waals surface area (Å²) in [5.74, 6) is -2.89. The zero-order chi connectivity index (χ0) is 21.1. The maximum atomic E-state index is 12.9. The number of thiocarbonyl (C=S) groups is 1. The Labute approximate surface area is 177 Å². The molecule has 7 nitrogen and oxygen atoms in total. The van der Waals surface area contributed by atoms with Gasteiger partial charge in [-0.3, -0.25) is 19.5 Å². The Hall–Kier alpha value is -3.10. The maximum Gasteiger partial charge on any atom is 0.337 e. The van der Waals surface area contributed by atoms with Gasteiger partial charge in [-0.25, -0.2) is 4.79 Å². The molecule has 3 rings (SSSR count). The van der Waals surface area contributed by atoms with Crippen LogP contribution in [-0.4, -0.2) is 36.2 Å². The van der Waals surface area contributed by atoms with Crippen LogP contribution in [0.3, 0.4) is 0 Å². The third-order valence-electron chi connectivity index (χ3n) is 4.22. The van der Waals surface area contributed by atoms with Crippen LogP contribution >= 0.6 is 23.8 Å². The molecule has 9 heteroatoms. The number of hydrogen-bond donors (Lipinski definition) is 1. The molecular weight excluding hydrogens is 414 g/mol. The first-order chi connectivity index (χ1) is 13.8. The lowest BCUT2D eigenvalue weighted by atomic mass is 10.1. The van der Waals surface area contributed by atoms with Crippen LogP contribution in [0.4, 0.5) is 11.4 Å². The fraction of sp³-hybridized carbons (Fsp3) is 0.150. The molecule has 0 spiro atoms. The highest BCUT2D eigenvalue weighted by Gasteiger charge is 2.38. The molecule has 148 valence electrons. The lowest BCUT2D eigenvalue weighted by Gasteiger charge is -2.31. The number of anilines is 1. The Morgan fingerprint density at radius 1 is 1.24 bits per heavy atom. The largest absolute Gasteiger partial charge is 0.465 e. The molecule has 2 amide bonds. The average Bonchev–Trinajstić information content (AvgIpc) is 2.69. The van der Waals surface area contributed by atoms with Crippen LogP contribution in [-0.2, 0) is 14.3 Å². The van der Waals surface area contributed by atoms with Gasteiger partial charge in [0, 0.05) is 6.21 Å². The minimum Gasteiger partial charge on any atom is -0.465 e. The van der Waals surface area contributed by atoms with Crippen LogP contribution in [0.5, 0.6) is 0 Å². The summed E-state index contributed by atoms with van der Waals surface area (Å²) < 4.78 is 4.67. The van der Waals surface area contributed by atoms with Crippen molar-refractivity contribution in [3.63, 3.8) is 0 Å². The first kappa shape index (κ1) is 20.6. The Bertz CT molecular complexity index is 1040. The van der Waals surface area contributed by atoms with E-state index in [-0.39, 0.29) is 21.4 Å². The van der Waals surface area contributed by atoms with Crippen molar-refractivity contribution < 1.29 is 19.1 Å². The Kier molecular flexibility index (Phi) is 6.05. The summed E-state index contributed by atoms with van der Waals surface area (Å²) in [4.78, 5) is 42.4. The van der Waals surface area contributed by atoms with Gasteiger partial charge in [-0.15, -0.1) is 0 Å². The molecular formula is C20H16ClN3O4S. The zero-order valence-corrected chi connectivity index (χ0v) is 17.1. The molecule has 0 radical (unpaired) electrons. The lowest BCUT2D eigenvalue weighted by molar-refractivity contribution is -0.130. The van der Waals surface area contributed by atoms with Gasteiger partial charge in [-0.1, -0.05) is 29.3 Å². The van der Waals surface area contributed by atoms with Crippen molar-refractivity contribution >= 4 is 64.3 Å². The van der Waals surface area contributed by atoms with Gasteiger partial charge >= 0.3 is 5.97 Å². The Morgan fingerprint density at radius 2 is 1.93 bits per heavy atom. The van der Waals surface area contributed by atoms with E-state index in [9.17, 15) is 14.4 Å². The second-order valence-electron chi connectivity index (χ2n) is 6.22. The van der Waals surface area contributed by atoms with Crippen molar-refractivity contribution in [1.29, 1.82) is 0 Å².